The van der Waals surface area contributed by atoms with E-state index in [2.05, 4.69) is 0 Å². The van der Waals surface area contributed by atoms with E-state index >= 15 is 0 Å². The van der Waals surface area contributed by atoms with Crippen LogP contribution in [0, 0.1) is 0 Å². The Morgan fingerprint density at radius 1 is 1.18 bits per heavy atom. The van der Waals surface area contributed by atoms with Crippen LogP contribution in [-0.4, -0.2) is 24.5 Å². The maximum absolute atomic E-state index is 6.28. The minimum absolute atomic E-state index is 0.480. The molecule has 0 saturated carbocycles. The maximum atomic E-state index is 6.28. The number of hydrogen-bond acceptors (Lipinski definition) is 4. The zero-order valence-corrected chi connectivity index (χ0v) is 10.4. The topological polar surface area (TPSA) is 70.5 Å². The third-order valence-electron chi connectivity index (χ3n) is 3.01. The van der Waals surface area contributed by atoms with Gasteiger partial charge in [0.25, 0.3) is 0 Å². The molecule has 4 heteroatoms. The first kappa shape index (κ1) is 12.4. The molecule has 0 aromatic heterocycles. The second-order valence-electron chi connectivity index (χ2n) is 5.22. The first-order valence-corrected chi connectivity index (χ1v) is 5.80. The Morgan fingerprint density at radius 3 is 2.35 bits per heavy atom. The van der Waals surface area contributed by atoms with Crippen LogP contribution in [0.15, 0.2) is 24.3 Å². The molecule has 1 saturated heterocycles. The summed E-state index contributed by atoms with van der Waals surface area (Å²) in [5.41, 5.74) is 13.5. The molecule has 0 unspecified atom stereocenters. The van der Waals surface area contributed by atoms with Gasteiger partial charge in [0.15, 0.2) is 5.79 Å². The van der Waals surface area contributed by atoms with Crippen LogP contribution < -0.4 is 11.5 Å². The highest BCUT2D eigenvalue weighted by molar-refractivity contribution is 5.47. The monoisotopic (exact) mass is 236 g/mol. The summed E-state index contributed by atoms with van der Waals surface area (Å²) in [6, 6.07) is 7.75. The van der Waals surface area contributed by atoms with Crippen molar-refractivity contribution in [3.63, 3.8) is 0 Å². The molecular formula is C13H20N2O2. The highest BCUT2D eigenvalue weighted by Crippen LogP contribution is 2.26. The molecule has 17 heavy (non-hydrogen) atoms. The summed E-state index contributed by atoms with van der Waals surface area (Å²) in [6.45, 7) is 4.75. The van der Waals surface area contributed by atoms with E-state index < -0.39 is 11.3 Å². The summed E-state index contributed by atoms with van der Waals surface area (Å²) in [5.74, 6) is -0.537. The number of rotatable bonds is 2. The Bertz CT molecular complexity index is 394. The van der Waals surface area contributed by atoms with Crippen LogP contribution in [-0.2, 0) is 15.9 Å². The van der Waals surface area contributed by atoms with Crippen LogP contribution in [0.2, 0.25) is 0 Å². The Labute approximate surface area is 102 Å². The van der Waals surface area contributed by atoms with Crippen molar-refractivity contribution in [3.05, 3.63) is 29.8 Å². The number of anilines is 1. The van der Waals surface area contributed by atoms with E-state index in [4.69, 9.17) is 20.9 Å². The summed E-state index contributed by atoms with van der Waals surface area (Å²) in [7, 11) is 0. The Morgan fingerprint density at radius 2 is 1.76 bits per heavy atom. The molecule has 94 valence electrons. The molecule has 0 aliphatic carbocycles. The highest BCUT2D eigenvalue weighted by atomic mass is 16.7. The lowest BCUT2D eigenvalue weighted by molar-refractivity contribution is -0.266. The van der Waals surface area contributed by atoms with Gasteiger partial charge < -0.3 is 20.9 Å². The summed E-state index contributed by atoms with van der Waals surface area (Å²) >= 11 is 0. The van der Waals surface area contributed by atoms with Crippen LogP contribution >= 0.6 is 0 Å². The van der Waals surface area contributed by atoms with Crippen molar-refractivity contribution >= 4 is 5.69 Å². The molecule has 4 N–H and O–H groups in total. The third-order valence-corrected chi connectivity index (χ3v) is 3.01. The van der Waals surface area contributed by atoms with Crippen LogP contribution in [0.3, 0.4) is 0 Å². The summed E-state index contributed by atoms with van der Waals surface area (Å²) in [5, 5.41) is 0. The second-order valence-corrected chi connectivity index (χ2v) is 5.22. The van der Waals surface area contributed by atoms with Crippen molar-refractivity contribution < 1.29 is 9.47 Å². The van der Waals surface area contributed by atoms with Crippen molar-refractivity contribution in [2.24, 2.45) is 5.73 Å². The van der Waals surface area contributed by atoms with E-state index in [0.29, 0.717) is 19.6 Å². The Balaban J connectivity index is 2.07. The van der Waals surface area contributed by atoms with Gasteiger partial charge in [-0.2, -0.15) is 0 Å². The zero-order valence-electron chi connectivity index (χ0n) is 10.4. The second kappa shape index (κ2) is 4.29. The van der Waals surface area contributed by atoms with E-state index in [1.165, 1.54) is 0 Å². The van der Waals surface area contributed by atoms with E-state index in [0.717, 1.165) is 11.3 Å². The van der Waals surface area contributed by atoms with Gasteiger partial charge in [-0.25, -0.2) is 0 Å². The van der Waals surface area contributed by atoms with Gasteiger partial charge in [0.2, 0.25) is 0 Å². The lowest BCUT2D eigenvalue weighted by atomic mass is 9.91. The summed E-state index contributed by atoms with van der Waals surface area (Å²) in [6.07, 6.45) is 0.662. The minimum atomic E-state index is -0.537. The maximum Gasteiger partial charge on any atom is 0.162 e. The van der Waals surface area contributed by atoms with Gasteiger partial charge in [0.1, 0.15) is 0 Å². The van der Waals surface area contributed by atoms with E-state index in [-0.39, 0.29) is 0 Å². The zero-order chi connectivity index (χ0) is 12.5. The quantitative estimate of drug-likeness (QED) is 0.759. The fourth-order valence-electron chi connectivity index (χ4n) is 1.89. The molecule has 1 aliphatic heterocycles. The molecule has 0 spiro atoms. The average Bonchev–Trinajstić information content (AvgIpc) is 2.27. The minimum Gasteiger partial charge on any atom is -0.399 e. The van der Waals surface area contributed by atoms with Gasteiger partial charge in [-0.15, -0.1) is 0 Å². The molecule has 0 atom stereocenters. The first-order valence-electron chi connectivity index (χ1n) is 5.80. The predicted octanol–water partition coefficient (Wildman–Crippen LogP) is 1.29. The number of nitrogen functional groups attached to an aromatic ring is 1. The molecule has 0 amide bonds. The van der Waals surface area contributed by atoms with Crippen molar-refractivity contribution in [2.75, 3.05) is 18.9 Å². The number of ether oxygens (including phenoxy) is 2. The Hall–Kier alpha value is -1.10. The molecule has 4 nitrogen and oxygen atoms in total. The fraction of sp³-hybridized carbons (Fsp3) is 0.538. The smallest absolute Gasteiger partial charge is 0.162 e. The number of para-hydroxylation sites is 1. The Kier molecular flexibility index (Phi) is 3.12. The van der Waals surface area contributed by atoms with Crippen molar-refractivity contribution in [1.82, 2.24) is 0 Å². The van der Waals surface area contributed by atoms with Crippen molar-refractivity contribution in [1.29, 1.82) is 0 Å². The SMILES string of the molecule is CC1(C)OCC(N)(Cc2ccccc2N)CO1. The van der Waals surface area contributed by atoms with Gasteiger partial charge in [-0.3, -0.25) is 0 Å². The largest absolute Gasteiger partial charge is 0.399 e. The first-order chi connectivity index (χ1) is 7.90. The molecule has 0 radical (unpaired) electrons. The van der Waals surface area contributed by atoms with E-state index in [1.807, 2.05) is 38.1 Å². The highest BCUT2D eigenvalue weighted by Gasteiger charge is 2.37. The van der Waals surface area contributed by atoms with Crippen LogP contribution in [0.1, 0.15) is 19.4 Å². The normalized spacial score (nSPS) is 22.3. The predicted molar refractivity (Wildman–Crippen MR) is 67.5 cm³/mol. The van der Waals surface area contributed by atoms with Crippen LogP contribution in [0.4, 0.5) is 5.69 Å². The standard InChI is InChI=1S/C13H20N2O2/c1-12(2)16-8-13(15,9-17-12)7-10-5-3-4-6-11(10)14/h3-6H,7-9,14-15H2,1-2H3. The third kappa shape index (κ3) is 2.97. The fourth-order valence-corrected chi connectivity index (χ4v) is 1.89. The molecule has 2 rings (SSSR count). The summed E-state index contributed by atoms with van der Waals surface area (Å²) in [4.78, 5) is 0. The lowest BCUT2D eigenvalue weighted by Gasteiger charge is -2.41. The van der Waals surface area contributed by atoms with Crippen LogP contribution in [0.5, 0.6) is 0 Å². The van der Waals surface area contributed by atoms with E-state index in [9.17, 15) is 0 Å². The van der Waals surface area contributed by atoms with Gasteiger partial charge in [-0.1, -0.05) is 18.2 Å². The number of hydrogen-bond donors (Lipinski definition) is 2. The summed E-state index contributed by atoms with van der Waals surface area (Å²) < 4.78 is 11.2. The number of benzene rings is 1. The van der Waals surface area contributed by atoms with E-state index in [1.54, 1.807) is 0 Å². The average molecular weight is 236 g/mol. The van der Waals surface area contributed by atoms with Crippen molar-refractivity contribution in [2.45, 2.75) is 31.6 Å². The van der Waals surface area contributed by atoms with Gasteiger partial charge in [-0.05, 0) is 31.9 Å². The molecule has 1 aliphatic rings. The van der Waals surface area contributed by atoms with Crippen LogP contribution in [0.25, 0.3) is 0 Å². The molecular weight excluding hydrogens is 216 g/mol. The van der Waals surface area contributed by atoms with Gasteiger partial charge in [0, 0.05) is 5.69 Å². The molecule has 1 heterocycles. The molecule has 1 aromatic rings. The molecule has 0 bridgehead atoms. The number of nitrogens with two attached hydrogens (primary N) is 2. The molecule has 1 aromatic carbocycles. The molecule has 1 fully saturated rings. The van der Waals surface area contributed by atoms with Crippen molar-refractivity contribution in [3.8, 4) is 0 Å². The van der Waals surface area contributed by atoms with Gasteiger partial charge >= 0.3 is 0 Å². The lowest BCUT2D eigenvalue weighted by Crippen LogP contribution is -2.58. The van der Waals surface area contributed by atoms with Gasteiger partial charge in [0.05, 0.1) is 18.8 Å².